The van der Waals surface area contributed by atoms with E-state index in [1.54, 1.807) is 17.0 Å². The quantitative estimate of drug-likeness (QED) is 0.912. The first kappa shape index (κ1) is 15.8. The first-order chi connectivity index (χ1) is 9.74. The average Bonchev–Trinajstić information content (AvgIpc) is 2.72. The normalized spacial score (nSPS) is 22.4. The monoisotopic (exact) mass is 294 g/mol. The van der Waals surface area contributed by atoms with Gasteiger partial charge in [-0.05, 0) is 50.8 Å². The molecule has 1 fully saturated rings. The molecule has 2 rings (SSSR count). The number of carbonyl (C=O) groups is 1. The summed E-state index contributed by atoms with van der Waals surface area (Å²) in [5, 5.41) is 0. The van der Waals surface area contributed by atoms with Gasteiger partial charge in [0.2, 0.25) is 0 Å². The molecule has 1 aromatic rings. The van der Waals surface area contributed by atoms with E-state index >= 15 is 0 Å². The number of amides is 1. The third-order valence-corrected chi connectivity index (χ3v) is 3.55. The number of likely N-dealkylation sites (tertiary alicyclic amines) is 1. The fourth-order valence-corrected chi connectivity index (χ4v) is 2.51. The Morgan fingerprint density at radius 2 is 1.95 bits per heavy atom. The molecule has 0 bridgehead atoms. The maximum atomic E-state index is 12.9. The summed E-state index contributed by atoms with van der Waals surface area (Å²) >= 11 is 0. The van der Waals surface area contributed by atoms with E-state index in [1.807, 2.05) is 20.8 Å². The fourth-order valence-electron chi connectivity index (χ4n) is 2.51. The third kappa shape index (κ3) is 4.43. The smallest absolute Gasteiger partial charge is 0.410 e. The van der Waals surface area contributed by atoms with Crippen LogP contribution in [0.4, 0.5) is 9.18 Å². The van der Waals surface area contributed by atoms with Crippen molar-refractivity contribution in [2.75, 3.05) is 13.1 Å². The molecule has 0 spiro atoms. The average molecular weight is 294 g/mol. The fraction of sp³-hybridized carbons (Fsp3) is 0.562. The van der Waals surface area contributed by atoms with E-state index in [-0.39, 0.29) is 23.9 Å². The van der Waals surface area contributed by atoms with Crippen LogP contribution in [0.2, 0.25) is 0 Å². The molecular formula is C16H23FN2O2. The van der Waals surface area contributed by atoms with Gasteiger partial charge >= 0.3 is 6.09 Å². The van der Waals surface area contributed by atoms with Crippen LogP contribution in [0.1, 0.15) is 26.3 Å². The highest BCUT2D eigenvalue weighted by molar-refractivity contribution is 5.68. The summed E-state index contributed by atoms with van der Waals surface area (Å²) in [5.41, 5.74) is 6.65. The lowest BCUT2D eigenvalue weighted by molar-refractivity contribution is 0.0287. The minimum atomic E-state index is -0.504. The Balaban J connectivity index is 1.94. The van der Waals surface area contributed by atoms with E-state index < -0.39 is 5.60 Å². The molecule has 1 aliphatic heterocycles. The first-order valence-electron chi connectivity index (χ1n) is 7.22. The van der Waals surface area contributed by atoms with Gasteiger partial charge in [0.05, 0.1) is 0 Å². The molecule has 0 aromatic heterocycles. The maximum absolute atomic E-state index is 12.9. The molecule has 1 heterocycles. The molecule has 2 unspecified atom stereocenters. The van der Waals surface area contributed by atoms with Crippen molar-refractivity contribution in [1.29, 1.82) is 0 Å². The van der Waals surface area contributed by atoms with Crippen LogP contribution in [0.15, 0.2) is 24.3 Å². The Morgan fingerprint density at radius 1 is 1.33 bits per heavy atom. The largest absolute Gasteiger partial charge is 0.444 e. The lowest BCUT2D eigenvalue weighted by Crippen LogP contribution is -2.36. The van der Waals surface area contributed by atoms with Crippen LogP contribution < -0.4 is 5.73 Å². The number of ether oxygens (including phenoxy) is 1. The molecule has 0 radical (unpaired) electrons. The van der Waals surface area contributed by atoms with Crippen molar-refractivity contribution < 1.29 is 13.9 Å². The predicted octanol–water partition coefficient (Wildman–Crippen LogP) is 2.56. The molecular weight excluding hydrogens is 271 g/mol. The minimum absolute atomic E-state index is 0.0810. The highest BCUT2D eigenvalue weighted by atomic mass is 19.1. The van der Waals surface area contributed by atoms with Gasteiger partial charge in [-0.25, -0.2) is 9.18 Å². The summed E-state index contributed by atoms with van der Waals surface area (Å²) in [6.45, 7) is 6.61. The van der Waals surface area contributed by atoms with Crippen molar-refractivity contribution in [2.45, 2.75) is 38.8 Å². The number of hydrogen-bond acceptors (Lipinski definition) is 3. The Kier molecular flexibility index (Phi) is 4.52. The van der Waals surface area contributed by atoms with Gasteiger partial charge in [0.15, 0.2) is 0 Å². The third-order valence-electron chi connectivity index (χ3n) is 3.55. The second-order valence-corrected chi connectivity index (χ2v) is 6.64. The van der Waals surface area contributed by atoms with E-state index in [9.17, 15) is 9.18 Å². The number of halogens is 1. The molecule has 1 amide bonds. The van der Waals surface area contributed by atoms with Crippen LogP contribution in [-0.2, 0) is 11.2 Å². The lowest BCUT2D eigenvalue weighted by atomic mass is 9.95. The van der Waals surface area contributed by atoms with E-state index in [0.29, 0.717) is 13.1 Å². The second-order valence-electron chi connectivity index (χ2n) is 6.64. The summed E-state index contributed by atoms with van der Waals surface area (Å²) in [7, 11) is 0. The van der Waals surface area contributed by atoms with Gasteiger partial charge in [-0.1, -0.05) is 12.1 Å². The highest BCUT2D eigenvalue weighted by Crippen LogP contribution is 2.22. The van der Waals surface area contributed by atoms with E-state index in [4.69, 9.17) is 10.5 Å². The molecule has 2 atom stereocenters. The molecule has 1 aliphatic rings. The highest BCUT2D eigenvalue weighted by Gasteiger charge is 2.35. The number of nitrogens with two attached hydrogens (primary N) is 1. The van der Waals surface area contributed by atoms with Crippen LogP contribution in [0, 0.1) is 11.7 Å². The maximum Gasteiger partial charge on any atom is 0.410 e. The Labute approximate surface area is 125 Å². The zero-order chi connectivity index (χ0) is 15.6. The minimum Gasteiger partial charge on any atom is -0.444 e. The van der Waals surface area contributed by atoms with Gasteiger partial charge in [-0.2, -0.15) is 0 Å². The SMILES string of the molecule is CC(C)(C)OC(=O)N1CC(N)C(Cc2ccc(F)cc2)C1. The molecule has 1 aromatic carbocycles. The Hall–Kier alpha value is -1.62. The summed E-state index contributed by atoms with van der Waals surface area (Å²) < 4.78 is 18.3. The number of carbonyl (C=O) groups excluding carboxylic acids is 1. The molecule has 21 heavy (non-hydrogen) atoms. The van der Waals surface area contributed by atoms with Crippen molar-refractivity contribution in [3.63, 3.8) is 0 Å². The van der Waals surface area contributed by atoms with E-state index in [1.165, 1.54) is 12.1 Å². The summed E-state index contributed by atoms with van der Waals surface area (Å²) in [6.07, 6.45) is 0.417. The van der Waals surface area contributed by atoms with Crippen molar-refractivity contribution in [3.05, 3.63) is 35.6 Å². The Morgan fingerprint density at radius 3 is 2.52 bits per heavy atom. The van der Waals surface area contributed by atoms with E-state index in [2.05, 4.69) is 0 Å². The van der Waals surface area contributed by atoms with Crippen molar-refractivity contribution in [1.82, 2.24) is 4.90 Å². The van der Waals surface area contributed by atoms with Crippen molar-refractivity contribution >= 4 is 6.09 Å². The first-order valence-corrected chi connectivity index (χ1v) is 7.22. The lowest BCUT2D eigenvalue weighted by Gasteiger charge is -2.24. The molecule has 1 saturated heterocycles. The van der Waals surface area contributed by atoms with Crippen LogP contribution in [-0.4, -0.2) is 35.7 Å². The molecule has 2 N–H and O–H groups in total. The van der Waals surface area contributed by atoms with Gasteiger partial charge in [0.1, 0.15) is 11.4 Å². The number of rotatable bonds is 2. The number of benzene rings is 1. The molecule has 116 valence electrons. The summed E-state index contributed by atoms with van der Waals surface area (Å²) in [6, 6.07) is 6.33. The van der Waals surface area contributed by atoms with Crippen LogP contribution in [0.5, 0.6) is 0 Å². The zero-order valence-electron chi connectivity index (χ0n) is 12.8. The van der Waals surface area contributed by atoms with Gasteiger partial charge in [0, 0.05) is 19.1 Å². The number of hydrogen-bond donors (Lipinski definition) is 1. The second kappa shape index (κ2) is 6.02. The summed E-state index contributed by atoms with van der Waals surface area (Å²) in [5.74, 6) is -0.0761. The molecule has 5 heteroatoms. The number of nitrogens with zero attached hydrogens (tertiary/aromatic N) is 1. The van der Waals surface area contributed by atoms with Crippen LogP contribution in [0.3, 0.4) is 0 Å². The van der Waals surface area contributed by atoms with E-state index in [0.717, 1.165) is 12.0 Å². The summed E-state index contributed by atoms with van der Waals surface area (Å²) in [4.78, 5) is 13.7. The molecule has 0 saturated carbocycles. The topological polar surface area (TPSA) is 55.6 Å². The van der Waals surface area contributed by atoms with Crippen LogP contribution >= 0.6 is 0 Å². The van der Waals surface area contributed by atoms with Crippen molar-refractivity contribution in [2.24, 2.45) is 11.7 Å². The van der Waals surface area contributed by atoms with Gasteiger partial charge < -0.3 is 15.4 Å². The van der Waals surface area contributed by atoms with Crippen LogP contribution in [0.25, 0.3) is 0 Å². The van der Waals surface area contributed by atoms with Gasteiger partial charge in [0.25, 0.3) is 0 Å². The Bertz CT molecular complexity index is 496. The zero-order valence-corrected chi connectivity index (χ0v) is 12.8. The molecule has 4 nitrogen and oxygen atoms in total. The standard InChI is InChI=1S/C16H23FN2O2/c1-16(2,3)21-15(20)19-9-12(14(18)10-19)8-11-4-6-13(17)7-5-11/h4-7,12,14H,8-10,18H2,1-3H3. The van der Waals surface area contributed by atoms with Crippen molar-refractivity contribution in [3.8, 4) is 0 Å². The predicted molar refractivity (Wildman–Crippen MR) is 79.4 cm³/mol. The van der Waals surface area contributed by atoms with Gasteiger partial charge in [-0.15, -0.1) is 0 Å². The molecule has 0 aliphatic carbocycles. The van der Waals surface area contributed by atoms with Gasteiger partial charge in [-0.3, -0.25) is 0 Å².